The SMILES string of the molecule is CCc1nnc(-n2nc(C)cc2-c2ccccc2)n1N.[Cl-]. The molecule has 0 aliphatic heterocycles. The van der Waals surface area contributed by atoms with E-state index in [1.54, 1.807) is 4.68 Å². The van der Waals surface area contributed by atoms with Gasteiger partial charge in [-0.3, -0.25) is 0 Å². The predicted octanol–water partition coefficient (Wildman–Crippen LogP) is -1.28. The second-order valence-electron chi connectivity index (χ2n) is 4.59. The van der Waals surface area contributed by atoms with Crippen LogP contribution in [-0.4, -0.2) is 24.7 Å². The van der Waals surface area contributed by atoms with Crippen LogP contribution in [0, 0.1) is 6.92 Å². The first-order chi connectivity index (χ1) is 9.70. The minimum atomic E-state index is 0. The Kier molecular flexibility index (Phi) is 4.28. The number of aromatic nitrogens is 5. The Morgan fingerprint density at radius 3 is 2.48 bits per heavy atom. The molecule has 7 heteroatoms. The van der Waals surface area contributed by atoms with E-state index in [9.17, 15) is 0 Å². The molecule has 0 saturated heterocycles. The highest BCUT2D eigenvalue weighted by Gasteiger charge is 2.16. The summed E-state index contributed by atoms with van der Waals surface area (Å²) in [5.74, 6) is 7.28. The number of hydrogen-bond donors (Lipinski definition) is 1. The lowest BCUT2D eigenvalue weighted by atomic mass is 10.1. The van der Waals surface area contributed by atoms with Gasteiger partial charge in [-0.1, -0.05) is 37.3 Å². The first-order valence-corrected chi connectivity index (χ1v) is 6.52. The molecule has 0 saturated carbocycles. The number of benzene rings is 1. The summed E-state index contributed by atoms with van der Waals surface area (Å²) in [6.45, 7) is 3.94. The fourth-order valence-electron chi connectivity index (χ4n) is 2.17. The van der Waals surface area contributed by atoms with Crippen LogP contribution in [0.4, 0.5) is 0 Å². The van der Waals surface area contributed by atoms with Gasteiger partial charge in [0.1, 0.15) is 0 Å². The largest absolute Gasteiger partial charge is 1.00 e. The molecule has 21 heavy (non-hydrogen) atoms. The van der Waals surface area contributed by atoms with Crippen molar-refractivity contribution in [2.75, 3.05) is 5.84 Å². The Bertz CT molecular complexity index is 731. The van der Waals surface area contributed by atoms with Crippen molar-refractivity contribution in [1.29, 1.82) is 0 Å². The molecule has 0 aliphatic carbocycles. The summed E-state index contributed by atoms with van der Waals surface area (Å²) in [4.78, 5) is 0. The monoisotopic (exact) mass is 303 g/mol. The zero-order chi connectivity index (χ0) is 14.1. The van der Waals surface area contributed by atoms with Gasteiger partial charge in [-0.15, -0.1) is 10.2 Å². The third kappa shape index (κ3) is 2.62. The molecular formula is C14H16ClN6-. The van der Waals surface area contributed by atoms with Crippen molar-refractivity contribution >= 4 is 0 Å². The van der Waals surface area contributed by atoms with E-state index >= 15 is 0 Å². The van der Waals surface area contributed by atoms with Crippen LogP contribution >= 0.6 is 0 Å². The van der Waals surface area contributed by atoms with Crippen molar-refractivity contribution in [2.24, 2.45) is 0 Å². The van der Waals surface area contributed by atoms with Crippen LogP contribution < -0.4 is 18.2 Å². The molecule has 0 unspecified atom stereocenters. The highest BCUT2D eigenvalue weighted by Crippen LogP contribution is 2.22. The van der Waals surface area contributed by atoms with Crippen molar-refractivity contribution in [2.45, 2.75) is 20.3 Å². The number of aryl methyl sites for hydroxylation is 2. The molecule has 0 aliphatic rings. The van der Waals surface area contributed by atoms with Crippen LogP contribution in [0.3, 0.4) is 0 Å². The second-order valence-corrected chi connectivity index (χ2v) is 4.59. The Morgan fingerprint density at radius 1 is 1.14 bits per heavy atom. The van der Waals surface area contributed by atoms with Gasteiger partial charge < -0.3 is 18.2 Å². The molecule has 0 radical (unpaired) electrons. The van der Waals surface area contributed by atoms with Gasteiger partial charge in [0.15, 0.2) is 5.82 Å². The Labute approximate surface area is 129 Å². The fraction of sp³-hybridized carbons (Fsp3) is 0.214. The molecule has 3 rings (SSSR count). The molecule has 0 amide bonds. The van der Waals surface area contributed by atoms with Gasteiger partial charge >= 0.3 is 0 Å². The molecule has 1 aromatic carbocycles. The average molecular weight is 304 g/mol. The van der Waals surface area contributed by atoms with Crippen LogP contribution in [0.25, 0.3) is 17.2 Å². The number of nitrogens with two attached hydrogens (primary N) is 1. The minimum Gasteiger partial charge on any atom is -1.00 e. The third-order valence-corrected chi connectivity index (χ3v) is 3.16. The maximum Gasteiger partial charge on any atom is 0.271 e. The fourth-order valence-corrected chi connectivity index (χ4v) is 2.17. The molecule has 2 heterocycles. The van der Waals surface area contributed by atoms with Gasteiger partial charge in [-0.05, 0) is 13.0 Å². The van der Waals surface area contributed by atoms with Crippen LogP contribution in [0.2, 0.25) is 0 Å². The zero-order valence-corrected chi connectivity index (χ0v) is 12.6. The summed E-state index contributed by atoms with van der Waals surface area (Å²) in [5, 5.41) is 12.7. The smallest absolute Gasteiger partial charge is 0.271 e. The molecule has 0 fully saturated rings. The Balaban J connectivity index is 0.00000161. The van der Waals surface area contributed by atoms with Gasteiger partial charge in [0.2, 0.25) is 0 Å². The standard InChI is InChI=1S/C14H16N6.ClH/c1-3-13-16-17-14(19(13)15)20-12(9-10(2)18-20)11-7-5-4-6-8-11;/h4-9H,3,15H2,1-2H3;1H/p-1. The number of rotatable bonds is 3. The Morgan fingerprint density at radius 2 is 1.86 bits per heavy atom. The molecule has 0 spiro atoms. The van der Waals surface area contributed by atoms with E-state index in [4.69, 9.17) is 5.84 Å². The molecule has 2 aromatic heterocycles. The summed E-state index contributed by atoms with van der Waals surface area (Å²) in [6, 6.07) is 12.0. The Hall–Kier alpha value is -2.34. The van der Waals surface area contributed by atoms with E-state index in [-0.39, 0.29) is 12.4 Å². The van der Waals surface area contributed by atoms with E-state index in [1.165, 1.54) is 4.68 Å². The predicted molar refractivity (Wildman–Crippen MR) is 76.8 cm³/mol. The summed E-state index contributed by atoms with van der Waals surface area (Å²) in [7, 11) is 0. The maximum atomic E-state index is 6.03. The first kappa shape index (κ1) is 15.1. The molecular weight excluding hydrogens is 288 g/mol. The van der Waals surface area contributed by atoms with E-state index < -0.39 is 0 Å². The minimum absolute atomic E-state index is 0. The van der Waals surface area contributed by atoms with Gasteiger partial charge in [0.25, 0.3) is 5.95 Å². The quantitative estimate of drug-likeness (QED) is 0.612. The van der Waals surface area contributed by atoms with Crippen molar-refractivity contribution in [3.63, 3.8) is 0 Å². The van der Waals surface area contributed by atoms with Crippen molar-refractivity contribution < 1.29 is 12.4 Å². The summed E-state index contributed by atoms with van der Waals surface area (Å²) < 4.78 is 3.22. The number of halogens is 1. The summed E-state index contributed by atoms with van der Waals surface area (Å²) in [6.07, 6.45) is 0.727. The number of nitrogen functional groups attached to an aromatic ring is 1. The van der Waals surface area contributed by atoms with Crippen molar-refractivity contribution in [1.82, 2.24) is 24.7 Å². The zero-order valence-electron chi connectivity index (χ0n) is 11.9. The van der Waals surface area contributed by atoms with Crippen LogP contribution in [-0.2, 0) is 6.42 Å². The number of nitrogens with zero attached hydrogens (tertiary/aromatic N) is 5. The average Bonchev–Trinajstić information content (AvgIpc) is 3.02. The lowest BCUT2D eigenvalue weighted by molar-refractivity contribution is -0.00000441. The normalized spacial score (nSPS) is 10.4. The van der Waals surface area contributed by atoms with Crippen LogP contribution in [0.5, 0.6) is 0 Å². The molecule has 110 valence electrons. The lowest BCUT2D eigenvalue weighted by Gasteiger charge is -2.06. The molecule has 0 bridgehead atoms. The topological polar surface area (TPSA) is 74.5 Å². The van der Waals surface area contributed by atoms with E-state index in [0.29, 0.717) is 5.95 Å². The van der Waals surface area contributed by atoms with Gasteiger partial charge in [-0.25, -0.2) is 4.68 Å². The van der Waals surface area contributed by atoms with Gasteiger partial charge in [0, 0.05) is 12.0 Å². The van der Waals surface area contributed by atoms with E-state index in [0.717, 1.165) is 29.2 Å². The number of hydrogen-bond acceptors (Lipinski definition) is 4. The summed E-state index contributed by atoms with van der Waals surface area (Å²) >= 11 is 0. The highest BCUT2D eigenvalue weighted by molar-refractivity contribution is 5.61. The molecule has 3 aromatic rings. The van der Waals surface area contributed by atoms with Crippen LogP contribution in [0.15, 0.2) is 36.4 Å². The molecule has 6 nitrogen and oxygen atoms in total. The highest BCUT2D eigenvalue weighted by atomic mass is 35.5. The van der Waals surface area contributed by atoms with E-state index in [1.807, 2.05) is 50.2 Å². The first-order valence-electron chi connectivity index (χ1n) is 6.52. The van der Waals surface area contributed by atoms with E-state index in [2.05, 4.69) is 15.3 Å². The van der Waals surface area contributed by atoms with Crippen molar-refractivity contribution in [3.8, 4) is 17.2 Å². The second kappa shape index (κ2) is 5.97. The third-order valence-electron chi connectivity index (χ3n) is 3.16. The molecule has 0 atom stereocenters. The molecule has 2 N–H and O–H groups in total. The maximum absolute atomic E-state index is 6.03. The lowest BCUT2D eigenvalue weighted by Crippen LogP contribution is -3.00. The van der Waals surface area contributed by atoms with Crippen LogP contribution in [0.1, 0.15) is 18.4 Å². The van der Waals surface area contributed by atoms with Gasteiger partial charge in [0.05, 0.1) is 11.4 Å². The van der Waals surface area contributed by atoms with Crippen molar-refractivity contribution in [3.05, 3.63) is 47.9 Å². The summed E-state index contributed by atoms with van der Waals surface area (Å²) in [5.41, 5.74) is 2.92. The van der Waals surface area contributed by atoms with Gasteiger partial charge in [-0.2, -0.15) is 9.78 Å².